The predicted molar refractivity (Wildman–Crippen MR) is 95.3 cm³/mol. The average molecular weight is 333 g/mol. The van der Waals surface area contributed by atoms with Gasteiger partial charge >= 0.3 is 0 Å². The number of aliphatic hydroxyl groups excluding tert-OH is 1. The zero-order valence-corrected chi connectivity index (χ0v) is 14.8. The molecule has 0 amide bonds. The van der Waals surface area contributed by atoms with Crippen LogP contribution in [0.4, 0.5) is 0 Å². The number of hydrogen-bond acceptors (Lipinski definition) is 4. The van der Waals surface area contributed by atoms with Gasteiger partial charge in [-0.1, -0.05) is 18.2 Å². The number of benzene rings is 1. The highest BCUT2D eigenvalue weighted by Crippen LogP contribution is 2.24. The van der Waals surface area contributed by atoms with Crippen LogP contribution in [0.15, 0.2) is 18.2 Å². The molecule has 1 aromatic carbocycles. The second kappa shape index (κ2) is 8.95. The summed E-state index contributed by atoms with van der Waals surface area (Å²) in [6, 6.07) is 7.10. The maximum Gasteiger partial charge on any atom is 0.0898 e. The third kappa shape index (κ3) is 5.03. The Bertz CT molecular complexity index is 514. The summed E-state index contributed by atoms with van der Waals surface area (Å²) in [7, 11) is 0. The van der Waals surface area contributed by atoms with Crippen LogP contribution >= 0.6 is 0 Å². The van der Waals surface area contributed by atoms with Gasteiger partial charge < -0.3 is 19.9 Å². The van der Waals surface area contributed by atoms with Crippen molar-refractivity contribution >= 4 is 0 Å². The van der Waals surface area contributed by atoms with Gasteiger partial charge in [-0.25, -0.2) is 0 Å². The molecule has 1 heterocycles. The number of rotatable bonds is 7. The van der Waals surface area contributed by atoms with Crippen molar-refractivity contribution in [3.63, 3.8) is 0 Å². The molecule has 3 rings (SSSR count). The lowest BCUT2D eigenvalue weighted by Crippen LogP contribution is -2.34. The Labute approximate surface area is 145 Å². The van der Waals surface area contributed by atoms with E-state index in [1.54, 1.807) is 0 Å². The van der Waals surface area contributed by atoms with Gasteiger partial charge in [-0.05, 0) is 62.1 Å². The van der Waals surface area contributed by atoms with Crippen LogP contribution in [-0.4, -0.2) is 43.7 Å². The minimum absolute atomic E-state index is 0.242. The van der Waals surface area contributed by atoms with Crippen LogP contribution in [0.3, 0.4) is 0 Å². The van der Waals surface area contributed by atoms with Crippen LogP contribution in [-0.2, 0) is 22.3 Å². The van der Waals surface area contributed by atoms with E-state index in [2.05, 4.69) is 30.4 Å². The molecule has 2 unspecified atom stereocenters. The number of nitrogens with one attached hydrogen (secondary N) is 1. The lowest BCUT2D eigenvalue weighted by Gasteiger charge is -2.24. The molecule has 1 saturated heterocycles. The standard InChI is InChI=1S/C20H31NO3/c1-15(17-7-6-16-4-2-3-5-18(16)12-17)21-13-19(22)14-24-20-8-10-23-11-9-20/h6-7,12,15,19-22H,2-5,8-11,13-14H2,1H3. The molecule has 0 bridgehead atoms. The molecule has 2 N–H and O–H groups in total. The monoisotopic (exact) mass is 333 g/mol. The quantitative estimate of drug-likeness (QED) is 0.806. The van der Waals surface area contributed by atoms with Gasteiger partial charge in [0.15, 0.2) is 0 Å². The minimum atomic E-state index is -0.465. The summed E-state index contributed by atoms with van der Waals surface area (Å²) in [5.41, 5.74) is 4.34. The molecule has 1 aromatic rings. The number of aryl methyl sites for hydroxylation is 2. The number of ether oxygens (including phenoxy) is 2. The summed E-state index contributed by atoms with van der Waals surface area (Å²) >= 11 is 0. The maximum atomic E-state index is 10.1. The van der Waals surface area contributed by atoms with E-state index in [4.69, 9.17) is 9.47 Å². The molecule has 4 nitrogen and oxygen atoms in total. The van der Waals surface area contributed by atoms with E-state index in [-0.39, 0.29) is 12.1 Å². The highest BCUT2D eigenvalue weighted by Gasteiger charge is 2.17. The SMILES string of the molecule is CC(NCC(O)COC1CCOCC1)c1ccc2c(c1)CCCC2. The van der Waals surface area contributed by atoms with Gasteiger partial charge in [0.1, 0.15) is 0 Å². The number of aliphatic hydroxyl groups is 1. The fourth-order valence-electron chi connectivity index (χ4n) is 3.60. The molecular weight excluding hydrogens is 302 g/mol. The number of fused-ring (bicyclic) bond motifs is 1. The largest absolute Gasteiger partial charge is 0.389 e. The van der Waals surface area contributed by atoms with Gasteiger partial charge in [-0.3, -0.25) is 0 Å². The van der Waals surface area contributed by atoms with Gasteiger partial charge in [-0.15, -0.1) is 0 Å². The highest BCUT2D eigenvalue weighted by atomic mass is 16.5. The van der Waals surface area contributed by atoms with Gasteiger partial charge in [0.05, 0.1) is 18.8 Å². The Kier molecular flexibility index (Phi) is 6.67. The molecule has 24 heavy (non-hydrogen) atoms. The molecule has 134 valence electrons. The van der Waals surface area contributed by atoms with Crippen LogP contribution in [0.1, 0.15) is 55.3 Å². The Hall–Kier alpha value is -0.940. The lowest BCUT2D eigenvalue weighted by atomic mass is 9.89. The Morgan fingerprint density at radius 2 is 1.96 bits per heavy atom. The molecule has 1 fully saturated rings. The summed E-state index contributed by atoms with van der Waals surface area (Å²) < 4.78 is 11.1. The first-order valence-corrected chi connectivity index (χ1v) is 9.45. The topological polar surface area (TPSA) is 50.7 Å². The predicted octanol–water partition coefficient (Wildman–Crippen LogP) is 2.77. The van der Waals surface area contributed by atoms with E-state index in [1.165, 1.54) is 42.4 Å². The highest BCUT2D eigenvalue weighted by molar-refractivity contribution is 5.35. The van der Waals surface area contributed by atoms with Crippen LogP contribution in [0, 0.1) is 0 Å². The molecule has 1 aliphatic heterocycles. The molecule has 2 aliphatic rings. The fraction of sp³-hybridized carbons (Fsp3) is 0.700. The van der Waals surface area contributed by atoms with Crippen molar-refractivity contribution in [2.24, 2.45) is 0 Å². The Morgan fingerprint density at radius 3 is 2.75 bits per heavy atom. The molecular formula is C20H31NO3. The van der Waals surface area contributed by atoms with E-state index in [9.17, 15) is 5.11 Å². The summed E-state index contributed by atoms with van der Waals surface area (Å²) in [6.07, 6.45) is 6.70. The van der Waals surface area contributed by atoms with Crippen molar-refractivity contribution in [3.8, 4) is 0 Å². The summed E-state index contributed by atoms with van der Waals surface area (Å²) in [5.74, 6) is 0. The summed E-state index contributed by atoms with van der Waals surface area (Å²) in [5, 5.41) is 13.6. The van der Waals surface area contributed by atoms with Crippen molar-refractivity contribution in [2.45, 2.75) is 63.7 Å². The van der Waals surface area contributed by atoms with Crippen LogP contribution in [0.5, 0.6) is 0 Å². The third-order valence-corrected chi connectivity index (χ3v) is 5.22. The van der Waals surface area contributed by atoms with E-state index in [0.717, 1.165) is 26.1 Å². The summed E-state index contributed by atoms with van der Waals surface area (Å²) in [6.45, 7) is 4.66. The fourth-order valence-corrected chi connectivity index (χ4v) is 3.60. The van der Waals surface area contributed by atoms with Gasteiger partial charge in [0.2, 0.25) is 0 Å². The van der Waals surface area contributed by atoms with Crippen molar-refractivity contribution in [1.82, 2.24) is 5.32 Å². The molecule has 1 aliphatic carbocycles. The van der Waals surface area contributed by atoms with Crippen molar-refractivity contribution in [3.05, 3.63) is 34.9 Å². The molecule has 0 aromatic heterocycles. The first kappa shape index (κ1) is 17.9. The van der Waals surface area contributed by atoms with Crippen LogP contribution < -0.4 is 5.32 Å². The van der Waals surface area contributed by atoms with E-state index in [0.29, 0.717) is 13.2 Å². The van der Waals surface area contributed by atoms with E-state index >= 15 is 0 Å². The zero-order valence-electron chi connectivity index (χ0n) is 14.8. The zero-order chi connectivity index (χ0) is 16.8. The molecule has 0 radical (unpaired) electrons. The maximum absolute atomic E-state index is 10.1. The molecule has 0 saturated carbocycles. The summed E-state index contributed by atoms with van der Waals surface area (Å²) in [4.78, 5) is 0. The van der Waals surface area contributed by atoms with Crippen LogP contribution in [0.25, 0.3) is 0 Å². The molecule has 4 heteroatoms. The van der Waals surface area contributed by atoms with Gasteiger partial charge in [0, 0.05) is 25.8 Å². The lowest BCUT2D eigenvalue weighted by molar-refractivity contribution is -0.0588. The van der Waals surface area contributed by atoms with E-state index < -0.39 is 6.10 Å². The van der Waals surface area contributed by atoms with Gasteiger partial charge in [-0.2, -0.15) is 0 Å². The minimum Gasteiger partial charge on any atom is -0.389 e. The molecule has 2 atom stereocenters. The van der Waals surface area contributed by atoms with Crippen LogP contribution in [0.2, 0.25) is 0 Å². The second-order valence-corrected chi connectivity index (χ2v) is 7.16. The average Bonchev–Trinajstić information content (AvgIpc) is 2.65. The third-order valence-electron chi connectivity index (χ3n) is 5.22. The number of hydrogen-bond donors (Lipinski definition) is 2. The Balaban J connectivity index is 1.42. The second-order valence-electron chi connectivity index (χ2n) is 7.16. The van der Waals surface area contributed by atoms with Crippen molar-refractivity contribution < 1.29 is 14.6 Å². The molecule has 0 spiro atoms. The first-order valence-electron chi connectivity index (χ1n) is 9.45. The Morgan fingerprint density at radius 1 is 1.21 bits per heavy atom. The van der Waals surface area contributed by atoms with Gasteiger partial charge in [0.25, 0.3) is 0 Å². The van der Waals surface area contributed by atoms with E-state index in [1.807, 2.05) is 0 Å². The normalized spacial score (nSPS) is 21.2. The first-order chi connectivity index (χ1) is 11.7. The van der Waals surface area contributed by atoms with Crippen molar-refractivity contribution in [1.29, 1.82) is 0 Å². The smallest absolute Gasteiger partial charge is 0.0898 e. The van der Waals surface area contributed by atoms with Crippen molar-refractivity contribution in [2.75, 3.05) is 26.4 Å².